The van der Waals surface area contributed by atoms with Gasteiger partial charge in [-0.3, -0.25) is 0 Å². The van der Waals surface area contributed by atoms with Gasteiger partial charge in [-0.15, -0.1) is 0 Å². The van der Waals surface area contributed by atoms with Gasteiger partial charge in [0.2, 0.25) is 0 Å². The summed E-state index contributed by atoms with van der Waals surface area (Å²) in [5.74, 6) is 1.86. The Balaban J connectivity index is 2.09. The van der Waals surface area contributed by atoms with Crippen molar-refractivity contribution < 1.29 is 0 Å². The topological polar surface area (TPSA) is 26.0 Å². The molecule has 2 saturated carbocycles. The summed E-state index contributed by atoms with van der Waals surface area (Å²) in [7, 11) is 0. The average molecular weight is 153 g/mol. The van der Waals surface area contributed by atoms with Crippen LogP contribution in [0.25, 0.3) is 0 Å². The quantitative estimate of drug-likeness (QED) is 0.568. The third-order valence-corrected chi connectivity index (χ3v) is 3.47. The van der Waals surface area contributed by atoms with Crippen molar-refractivity contribution in [1.29, 1.82) is 0 Å². The highest BCUT2D eigenvalue weighted by molar-refractivity contribution is 4.96. The molecule has 11 heavy (non-hydrogen) atoms. The van der Waals surface area contributed by atoms with E-state index >= 15 is 0 Å². The number of hydrogen-bond acceptors (Lipinski definition) is 1. The normalized spacial score (nSPS) is 50.7. The molecular formula is C10H19N. The van der Waals surface area contributed by atoms with E-state index in [0.717, 1.165) is 11.8 Å². The van der Waals surface area contributed by atoms with E-state index in [9.17, 15) is 0 Å². The number of rotatable bonds is 0. The summed E-state index contributed by atoms with van der Waals surface area (Å²) in [6.07, 6.45) is 8.16. The van der Waals surface area contributed by atoms with E-state index in [4.69, 9.17) is 5.73 Å². The Morgan fingerprint density at radius 3 is 2.91 bits per heavy atom. The molecule has 2 aliphatic rings. The summed E-state index contributed by atoms with van der Waals surface area (Å²) < 4.78 is 0. The van der Waals surface area contributed by atoms with Gasteiger partial charge in [-0.2, -0.15) is 0 Å². The molecule has 0 aromatic rings. The number of fused-ring (bicyclic) bond motifs is 2. The van der Waals surface area contributed by atoms with Gasteiger partial charge in [-0.05, 0) is 37.5 Å². The zero-order valence-corrected chi connectivity index (χ0v) is 7.47. The highest BCUT2D eigenvalue weighted by Crippen LogP contribution is 2.43. The van der Waals surface area contributed by atoms with Crippen LogP contribution in [0.3, 0.4) is 0 Å². The van der Waals surface area contributed by atoms with E-state index < -0.39 is 0 Å². The number of hydrogen-bond donors (Lipinski definition) is 1. The molecule has 0 aromatic heterocycles. The van der Waals surface area contributed by atoms with E-state index in [1.54, 1.807) is 0 Å². The third-order valence-electron chi connectivity index (χ3n) is 3.47. The first-order chi connectivity index (χ1) is 5.18. The Bertz CT molecular complexity index is 151. The largest absolute Gasteiger partial charge is 0.325 e. The van der Waals surface area contributed by atoms with Crippen molar-refractivity contribution in [3.8, 4) is 0 Å². The molecule has 2 rings (SSSR count). The highest BCUT2D eigenvalue weighted by atomic mass is 14.8. The summed E-state index contributed by atoms with van der Waals surface area (Å²) in [5.41, 5.74) is 6.54. The van der Waals surface area contributed by atoms with E-state index in [0.29, 0.717) is 0 Å². The van der Waals surface area contributed by atoms with Crippen LogP contribution in [-0.4, -0.2) is 5.54 Å². The molecule has 2 bridgehead atoms. The van der Waals surface area contributed by atoms with Crippen molar-refractivity contribution in [2.75, 3.05) is 0 Å². The average Bonchev–Trinajstić information content (AvgIpc) is 1.82. The van der Waals surface area contributed by atoms with Gasteiger partial charge < -0.3 is 5.73 Å². The molecule has 64 valence electrons. The van der Waals surface area contributed by atoms with E-state index in [2.05, 4.69) is 6.92 Å². The molecule has 0 unspecified atom stereocenters. The lowest BCUT2D eigenvalue weighted by molar-refractivity contribution is 0.116. The molecule has 0 saturated heterocycles. The summed E-state index contributed by atoms with van der Waals surface area (Å²) in [5, 5.41) is 0. The van der Waals surface area contributed by atoms with Crippen LogP contribution in [0.1, 0.15) is 45.4 Å². The van der Waals surface area contributed by atoms with Gasteiger partial charge in [-0.25, -0.2) is 0 Å². The van der Waals surface area contributed by atoms with Crippen LogP contribution in [0, 0.1) is 11.8 Å². The molecule has 1 nitrogen and oxygen atoms in total. The SMILES string of the molecule is C[C@H]1C[C@H]2CCC[C@@](N)(C1)C2. The lowest BCUT2D eigenvalue weighted by atomic mass is 9.64. The van der Waals surface area contributed by atoms with Crippen LogP contribution in [0.2, 0.25) is 0 Å². The molecule has 0 aromatic carbocycles. The fourth-order valence-corrected chi connectivity index (χ4v) is 3.25. The van der Waals surface area contributed by atoms with Crippen molar-refractivity contribution in [3.63, 3.8) is 0 Å². The predicted octanol–water partition coefficient (Wildman–Crippen LogP) is 2.30. The minimum atomic E-state index is 0.251. The fourth-order valence-electron chi connectivity index (χ4n) is 3.25. The third kappa shape index (κ3) is 1.44. The molecule has 2 fully saturated rings. The second kappa shape index (κ2) is 2.48. The molecule has 0 aliphatic heterocycles. The van der Waals surface area contributed by atoms with Crippen molar-refractivity contribution in [3.05, 3.63) is 0 Å². The van der Waals surface area contributed by atoms with Crippen LogP contribution >= 0.6 is 0 Å². The van der Waals surface area contributed by atoms with Gasteiger partial charge in [0.1, 0.15) is 0 Å². The second-order valence-corrected chi connectivity index (χ2v) is 4.87. The van der Waals surface area contributed by atoms with Crippen LogP contribution in [-0.2, 0) is 0 Å². The van der Waals surface area contributed by atoms with Crippen LogP contribution in [0.4, 0.5) is 0 Å². The first-order valence-electron chi connectivity index (χ1n) is 4.97. The summed E-state index contributed by atoms with van der Waals surface area (Å²) in [4.78, 5) is 0. The maximum atomic E-state index is 6.29. The van der Waals surface area contributed by atoms with Crippen LogP contribution in [0.5, 0.6) is 0 Å². The zero-order chi connectivity index (χ0) is 7.90. The highest BCUT2D eigenvalue weighted by Gasteiger charge is 2.38. The van der Waals surface area contributed by atoms with Crippen LogP contribution < -0.4 is 5.73 Å². The Hall–Kier alpha value is -0.0400. The molecular weight excluding hydrogens is 134 g/mol. The number of nitrogens with two attached hydrogens (primary N) is 1. The minimum absolute atomic E-state index is 0.251. The van der Waals surface area contributed by atoms with Gasteiger partial charge in [0.15, 0.2) is 0 Å². The Morgan fingerprint density at radius 2 is 2.18 bits per heavy atom. The smallest absolute Gasteiger partial charge is 0.0159 e. The van der Waals surface area contributed by atoms with Gasteiger partial charge in [0.05, 0.1) is 0 Å². The Kier molecular flexibility index (Phi) is 1.71. The molecule has 2 aliphatic carbocycles. The predicted molar refractivity (Wildman–Crippen MR) is 47.3 cm³/mol. The first-order valence-corrected chi connectivity index (χ1v) is 4.97. The fraction of sp³-hybridized carbons (Fsp3) is 1.00. The van der Waals surface area contributed by atoms with Crippen LogP contribution in [0.15, 0.2) is 0 Å². The van der Waals surface area contributed by atoms with Gasteiger partial charge >= 0.3 is 0 Å². The van der Waals surface area contributed by atoms with Gasteiger partial charge in [0, 0.05) is 5.54 Å². The molecule has 2 N–H and O–H groups in total. The lowest BCUT2D eigenvalue weighted by Crippen LogP contribution is -2.48. The maximum Gasteiger partial charge on any atom is 0.0159 e. The first kappa shape index (κ1) is 7.60. The van der Waals surface area contributed by atoms with E-state index in [1.807, 2.05) is 0 Å². The van der Waals surface area contributed by atoms with Gasteiger partial charge in [-0.1, -0.05) is 19.8 Å². The Morgan fingerprint density at radius 1 is 1.36 bits per heavy atom. The maximum absolute atomic E-state index is 6.29. The molecule has 0 heterocycles. The zero-order valence-electron chi connectivity index (χ0n) is 7.47. The van der Waals surface area contributed by atoms with E-state index in [-0.39, 0.29) is 5.54 Å². The van der Waals surface area contributed by atoms with E-state index in [1.165, 1.54) is 38.5 Å². The molecule has 1 heteroatoms. The van der Waals surface area contributed by atoms with Crippen molar-refractivity contribution in [2.24, 2.45) is 17.6 Å². The summed E-state index contributed by atoms with van der Waals surface area (Å²) >= 11 is 0. The second-order valence-electron chi connectivity index (χ2n) is 4.87. The summed E-state index contributed by atoms with van der Waals surface area (Å²) in [6, 6.07) is 0. The lowest BCUT2D eigenvalue weighted by Gasteiger charge is -2.45. The van der Waals surface area contributed by atoms with Crippen molar-refractivity contribution in [2.45, 2.75) is 51.0 Å². The molecule has 0 radical (unpaired) electrons. The molecule has 0 spiro atoms. The molecule has 3 atom stereocenters. The minimum Gasteiger partial charge on any atom is -0.325 e. The standard InChI is InChI=1S/C10H19N/c1-8-5-9-3-2-4-10(11,6-8)7-9/h8-9H,2-7,11H2,1H3/t8-,9+,10+/m0/s1. The van der Waals surface area contributed by atoms with Crippen molar-refractivity contribution in [1.82, 2.24) is 0 Å². The van der Waals surface area contributed by atoms with Crippen molar-refractivity contribution >= 4 is 0 Å². The Labute approximate surface area is 69.4 Å². The monoisotopic (exact) mass is 153 g/mol. The summed E-state index contributed by atoms with van der Waals surface area (Å²) in [6.45, 7) is 2.36. The van der Waals surface area contributed by atoms with Gasteiger partial charge in [0.25, 0.3) is 0 Å². The molecule has 0 amide bonds.